The molecule has 0 aromatic heterocycles. The molecule has 7 heteroatoms. The van der Waals surface area contributed by atoms with Gasteiger partial charge in [0.25, 0.3) is 0 Å². The summed E-state index contributed by atoms with van der Waals surface area (Å²) >= 11 is 0. The fourth-order valence-electron chi connectivity index (χ4n) is 1.22. The van der Waals surface area contributed by atoms with E-state index in [1.165, 1.54) is 13.2 Å². The van der Waals surface area contributed by atoms with Gasteiger partial charge in [0.15, 0.2) is 15.6 Å². The lowest BCUT2D eigenvalue weighted by Gasteiger charge is -2.10. The van der Waals surface area contributed by atoms with Gasteiger partial charge in [0.2, 0.25) is 0 Å². The van der Waals surface area contributed by atoms with Crippen LogP contribution in [-0.4, -0.2) is 32.9 Å². The van der Waals surface area contributed by atoms with E-state index in [0.717, 1.165) is 12.3 Å². The first-order valence-electron chi connectivity index (χ1n) is 4.18. The molecule has 0 unspecified atom stereocenters. The van der Waals surface area contributed by atoms with E-state index in [4.69, 9.17) is 15.6 Å². The Morgan fingerprint density at radius 3 is 2.38 bits per heavy atom. The predicted octanol–water partition coefficient (Wildman–Crippen LogP) is 0.379. The van der Waals surface area contributed by atoms with Gasteiger partial charge in [0.1, 0.15) is 5.56 Å². The molecule has 0 aliphatic carbocycles. The minimum atomic E-state index is -3.51. The first kappa shape index (κ1) is 12.3. The van der Waals surface area contributed by atoms with E-state index in [-0.39, 0.29) is 21.9 Å². The van der Waals surface area contributed by atoms with Crippen molar-refractivity contribution in [3.63, 3.8) is 0 Å². The molecular weight excluding hydrogens is 234 g/mol. The topological polar surface area (TPSA) is 107 Å². The van der Waals surface area contributed by atoms with Crippen LogP contribution in [0, 0.1) is 0 Å². The highest BCUT2D eigenvalue weighted by Gasteiger charge is 2.19. The number of nitrogens with two attached hydrogens (primary N) is 1. The average molecular weight is 245 g/mol. The molecule has 6 nitrogen and oxygen atoms in total. The third-order valence-corrected chi connectivity index (χ3v) is 3.05. The largest absolute Gasteiger partial charge is 0.494 e. The number of benzene rings is 1. The van der Waals surface area contributed by atoms with Gasteiger partial charge in [-0.25, -0.2) is 13.2 Å². The van der Waals surface area contributed by atoms with Crippen LogP contribution in [-0.2, 0) is 9.84 Å². The molecule has 0 heterocycles. The van der Waals surface area contributed by atoms with Crippen LogP contribution in [0.2, 0.25) is 0 Å². The van der Waals surface area contributed by atoms with E-state index < -0.39 is 15.8 Å². The molecule has 1 aromatic carbocycles. The molecule has 1 aromatic rings. The quantitative estimate of drug-likeness (QED) is 0.745. The molecule has 16 heavy (non-hydrogen) atoms. The average Bonchev–Trinajstić information content (AvgIpc) is 2.14. The Morgan fingerprint density at radius 2 is 2.00 bits per heavy atom. The van der Waals surface area contributed by atoms with Crippen molar-refractivity contribution in [2.45, 2.75) is 4.90 Å². The van der Waals surface area contributed by atoms with Gasteiger partial charge in [-0.1, -0.05) is 0 Å². The number of hydrogen-bond donors (Lipinski definition) is 2. The molecule has 0 aliphatic heterocycles. The second-order valence-electron chi connectivity index (χ2n) is 3.17. The summed E-state index contributed by atoms with van der Waals surface area (Å²) in [5.41, 5.74) is 5.21. The van der Waals surface area contributed by atoms with Crippen LogP contribution < -0.4 is 10.5 Å². The van der Waals surface area contributed by atoms with Crippen LogP contribution >= 0.6 is 0 Å². The number of carboxylic acid groups (broad SMARTS) is 1. The number of rotatable bonds is 3. The summed E-state index contributed by atoms with van der Waals surface area (Å²) in [4.78, 5) is 10.7. The van der Waals surface area contributed by atoms with Crippen molar-refractivity contribution < 1.29 is 23.1 Å². The van der Waals surface area contributed by atoms with Crippen LogP contribution in [0.25, 0.3) is 0 Å². The van der Waals surface area contributed by atoms with Crippen molar-refractivity contribution >= 4 is 21.5 Å². The lowest BCUT2D eigenvalue weighted by atomic mass is 10.2. The summed E-state index contributed by atoms with van der Waals surface area (Å²) in [5, 5.41) is 8.88. The van der Waals surface area contributed by atoms with Crippen LogP contribution in [0.3, 0.4) is 0 Å². The monoisotopic (exact) mass is 245 g/mol. The Hall–Kier alpha value is -1.76. The maximum Gasteiger partial charge on any atom is 0.339 e. The number of ether oxygens (including phenoxy) is 1. The number of carboxylic acids is 1. The first-order valence-corrected chi connectivity index (χ1v) is 6.07. The molecule has 0 aliphatic rings. The lowest BCUT2D eigenvalue weighted by molar-refractivity contribution is 0.0693. The van der Waals surface area contributed by atoms with Gasteiger partial charge in [0.05, 0.1) is 17.7 Å². The van der Waals surface area contributed by atoms with Crippen molar-refractivity contribution in [1.29, 1.82) is 0 Å². The SMILES string of the molecule is COc1c(N)cc(S(C)(=O)=O)cc1C(=O)O. The number of anilines is 1. The highest BCUT2D eigenvalue weighted by atomic mass is 32.2. The number of carbonyl (C=O) groups is 1. The normalized spacial score (nSPS) is 11.1. The van der Waals surface area contributed by atoms with E-state index in [9.17, 15) is 13.2 Å². The van der Waals surface area contributed by atoms with E-state index >= 15 is 0 Å². The second kappa shape index (κ2) is 4.01. The van der Waals surface area contributed by atoms with Crippen molar-refractivity contribution in [2.24, 2.45) is 0 Å². The van der Waals surface area contributed by atoms with Crippen LogP contribution in [0.5, 0.6) is 5.75 Å². The minimum absolute atomic E-state index is 0.0252. The summed E-state index contributed by atoms with van der Waals surface area (Å²) in [7, 11) is -2.24. The second-order valence-corrected chi connectivity index (χ2v) is 5.19. The fraction of sp³-hybridized carbons (Fsp3) is 0.222. The number of nitrogen functional groups attached to an aromatic ring is 1. The Balaban J connectivity index is 3.59. The molecule has 0 amide bonds. The van der Waals surface area contributed by atoms with Crippen LogP contribution in [0.4, 0.5) is 5.69 Å². The minimum Gasteiger partial charge on any atom is -0.494 e. The summed E-state index contributed by atoms with van der Waals surface area (Å²) < 4.78 is 27.3. The fourth-order valence-corrected chi connectivity index (χ4v) is 1.90. The maximum absolute atomic E-state index is 11.3. The third-order valence-electron chi connectivity index (χ3n) is 1.95. The van der Waals surface area contributed by atoms with Gasteiger partial charge >= 0.3 is 5.97 Å². The van der Waals surface area contributed by atoms with Gasteiger partial charge < -0.3 is 15.6 Å². The highest BCUT2D eigenvalue weighted by molar-refractivity contribution is 7.90. The Kier molecular flexibility index (Phi) is 3.09. The predicted molar refractivity (Wildman–Crippen MR) is 57.5 cm³/mol. The zero-order valence-electron chi connectivity index (χ0n) is 8.72. The molecule has 0 saturated heterocycles. The van der Waals surface area contributed by atoms with E-state index in [1.807, 2.05) is 0 Å². The highest BCUT2D eigenvalue weighted by Crippen LogP contribution is 2.29. The number of aromatic carboxylic acids is 1. The van der Waals surface area contributed by atoms with Gasteiger partial charge in [-0.05, 0) is 12.1 Å². The Bertz CT molecular complexity index is 535. The standard InChI is InChI=1S/C9H11NO5S/c1-15-8-6(9(11)12)3-5(4-7(8)10)16(2,13)14/h3-4H,10H2,1-2H3,(H,11,12). The molecule has 0 spiro atoms. The number of hydrogen-bond acceptors (Lipinski definition) is 5. The number of methoxy groups -OCH3 is 1. The van der Waals surface area contributed by atoms with Gasteiger partial charge in [-0.15, -0.1) is 0 Å². The van der Waals surface area contributed by atoms with Gasteiger partial charge in [-0.3, -0.25) is 0 Å². The Morgan fingerprint density at radius 1 is 1.44 bits per heavy atom. The van der Waals surface area contributed by atoms with E-state index in [2.05, 4.69) is 0 Å². The smallest absolute Gasteiger partial charge is 0.339 e. The summed E-state index contributed by atoms with van der Waals surface area (Å²) in [6.07, 6.45) is 0.972. The lowest BCUT2D eigenvalue weighted by Crippen LogP contribution is -2.07. The molecule has 0 saturated carbocycles. The van der Waals surface area contributed by atoms with Crippen molar-refractivity contribution in [3.05, 3.63) is 17.7 Å². The first-order chi connectivity index (χ1) is 7.27. The zero-order valence-corrected chi connectivity index (χ0v) is 9.54. The van der Waals surface area contributed by atoms with Crippen molar-refractivity contribution in [2.75, 3.05) is 19.1 Å². The molecule has 0 fully saturated rings. The molecule has 0 radical (unpaired) electrons. The van der Waals surface area contributed by atoms with Crippen LogP contribution in [0.15, 0.2) is 17.0 Å². The molecule has 0 atom stereocenters. The summed E-state index contributed by atoms with van der Waals surface area (Å²) in [6, 6.07) is 2.19. The molecular formula is C9H11NO5S. The van der Waals surface area contributed by atoms with Gasteiger partial charge in [0, 0.05) is 6.26 Å². The maximum atomic E-state index is 11.3. The summed E-state index contributed by atoms with van der Waals surface area (Å²) in [6.45, 7) is 0. The third kappa shape index (κ3) is 2.25. The molecule has 88 valence electrons. The van der Waals surface area contributed by atoms with E-state index in [1.54, 1.807) is 0 Å². The zero-order chi connectivity index (χ0) is 12.5. The van der Waals surface area contributed by atoms with E-state index in [0.29, 0.717) is 0 Å². The van der Waals surface area contributed by atoms with Gasteiger partial charge in [-0.2, -0.15) is 0 Å². The van der Waals surface area contributed by atoms with Crippen molar-refractivity contribution in [3.8, 4) is 5.75 Å². The molecule has 0 bridgehead atoms. The summed E-state index contributed by atoms with van der Waals surface area (Å²) in [5.74, 6) is -1.34. The molecule has 1 rings (SSSR count). The van der Waals surface area contributed by atoms with Crippen molar-refractivity contribution in [1.82, 2.24) is 0 Å². The Labute approximate surface area is 92.6 Å². The number of sulfone groups is 1. The molecule has 3 N–H and O–H groups in total. The van der Waals surface area contributed by atoms with Crippen LogP contribution in [0.1, 0.15) is 10.4 Å².